The molecule has 1 aliphatic heterocycles. The quantitative estimate of drug-likeness (QED) is 0.433. The van der Waals surface area contributed by atoms with Crippen LogP contribution in [0.4, 0.5) is 14.5 Å². The largest absolute Gasteiger partial charge is 0.375 e. The Hall–Kier alpha value is -1.83. The van der Waals surface area contributed by atoms with Gasteiger partial charge in [-0.3, -0.25) is 0 Å². The minimum atomic E-state index is -0.886. The van der Waals surface area contributed by atoms with Gasteiger partial charge in [-0.1, -0.05) is 15.9 Å². The molecule has 2 aromatic rings. The zero-order chi connectivity index (χ0) is 20.3. The van der Waals surface area contributed by atoms with Crippen LogP contribution in [0.2, 0.25) is 0 Å². The summed E-state index contributed by atoms with van der Waals surface area (Å²) in [6.07, 6.45) is 1.68. The van der Waals surface area contributed by atoms with Crippen molar-refractivity contribution in [2.24, 2.45) is 4.99 Å². The topological polar surface area (TPSA) is 34.1 Å². The lowest BCUT2D eigenvalue weighted by Crippen LogP contribution is -2.49. The SMILES string of the molecule is CCN(C)C=Nc1cc(F)c(C2(OCc3cc(F)ccc3Br)COC2)cc1C. The second-order valence-electron chi connectivity index (χ2n) is 6.95. The van der Waals surface area contributed by atoms with E-state index >= 15 is 0 Å². The first-order valence-electron chi connectivity index (χ1n) is 9.05. The summed E-state index contributed by atoms with van der Waals surface area (Å²) in [5.41, 5.74) is 1.63. The second-order valence-corrected chi connectivity index (χ2v) is 7.80. The molecule has 0 atom stereocenters. The summed E-state index contributed by atoms with van der Waals surface area (Å²) in [5, 5.41) is 0. The van der Waals surface area contributed by atoms with Gasteiger partial charge in [-0.2, -0.15) is 0 Å². The number of ether oxygens (including phenoxy) is 2. The van der Waals surface area contributed by atoms with Crippen LogP contribution in [0.1, 0.15) is 23.6 Å². The van der Waals surface area contributed by atoms with E-state index in [1.54, 1.807) is 18.5 Å². The fourth-order valence-electron chi connectivity index (χ4n) is 2.88. The van der Waals surface area contributed by atoms with Gasteiger partial charge in [0.05, 0.1) is 31.8 Å². The maximum absolute atomic E-state index is 14.9. The Balaban J connectivity index is 1.84. The molecule has 28 heavy (non-hydrogen) atoms. The summed E-state index contributed by atoms with van der Waals surface area (Å²) in [5.74, 6) is -0.736. The molecule has 7 heteroatoms. The van der Waals surface area contributed by atoms with E-state index in [0.29, 0.717) is 16.8 Å². The highest BCUT2D eigenvalue weighted by Crippen LogP contribution is 2.39. The normalized spacial score (nSPS) is 15.6. The molecule has 0 radical (unpaired) electrons. The molecule has 0 spiro atoms. The van der Waals surface area contributed by atoms with Gasteiger partial charge >= 0.3 is 0 Å². The molecule has 1 saturated heterocycles. The summed E-state index contributed by atoms with van der Waals surface area (Å²) >= 11 is 3.39. The van der Waals surface area contributed by atoms with Crippen molar-refractivity contribution < 1.29 is 18.3 Å². The summed E-state index contributed by atoms with van der Waals surface area (Å²) in [6.45, 7) is 5.35. The van der Waals surface area contributed by atoms with Gasteiger partial charge in [-0.05, 0) is 49.2 Å². The molecule has 0 saturated carbocycles. The van der Waals surface area contributed by atoms with Crippen LogP contribution >= 0.6 is 15.9 Å². The van der Waals surface area contributed by atoms with Crippen molar-refractivity contribution in [1.29, 1.82) is 0 Å². The molecule has 0 amide bonds. The van der Waals surface area contributed by atoms with Crippen molar-refractivity contribution in [3.8, 4) is 0 Å². The average Bonchev–Trinajstić information content (AvgIpc) is 2.64. The van der Waals surface area contributed by atoms with Gasteiger partial charge in [0, 0.05) is 29.7 Å². The van der Waals surface area contributed by atoms with Gasteiger partial charge in [0.25, 0.3) is 0 Å². The first-order chi connectivity index (χ1) is 13.3. The molecule has 0 N–H and O–H groups in total. The standard InChI is InChI=1S/C21H23BrF2N2O2/c1-4-26(3)13-25-20-9-19(24)17(7-14(20)2)21(11-27-12-21)28-10-15-8-16(23)5-6-18(15)22/h5-9,13H,4,10-12H2,1-3H3. The average molecular weight is 453 g/mol. The van der Waals surface area contributed by atoms with Crippen molar-refractivity contribution in [1.82, 2.24) is 4.90 Å². The van der Waals surface area contributed by atoms with Crippen LogP contribution in [0, 0.1) is 18.6 Å². The molecule has 1 heterocycles. The first kappa shape index (κ1) is 20.9. The highest BCUT2D eigenvalue weighted by molar-refractivity contribution is 9.10. The molecular formula is C21H23BrF2N2O2. The van der Waals surface area contributed by atoms with Crippen LogP contribution in [0.25, 0.3) is 0 Å². The molecule has 1 fully saturated rings. The number of rotatable bonds is 7. The lowest BCUT2D eigenvalue weighted by molar-refractivity contribution is -0.224. The first-order valence-corrected chi connectivity index (χ1v) is 9.84. The summed E-state index contributed by atoms with van der Waals surface area (Å²) in [4.78, 5) is 6.27. The Bertz CT molecular complexity index is 885. The zero-order valence-electron chi connectivity index (χ0n) is 16.1. The van der Waals surface area contributed by atoms with Crippen molar-refractivity contribution >= 4 is 28.0 Å². The lowest BCUT2D eigenvalue weighted by Gasteiger charge is -2.42. The number of aliphatic imine (C=N–C) groups is 1. The van der Waals surface area contributed by atoms with Gasteiger partial charge in [0.1, 0.15) is 17.2 Å². The number of halogens is 3. The molecule has 0 bridgehead atoms. The molecule has 3 rings (SSSR count). The van der Waals surface area contributed by atoms with Crippen molar-refractivity contribution in [3.05, 3.63) is 63.1 Å². The zero-order valence-corrected chi connectivity index (χ0v) is 17.7. The van der Waals surface area contributed by atoms with Gasteiger partial charge in [0.2, 0.25) is 0 Å². The van der Waals surface area contributed by atoms with E-state index in [2.05, 4.69) is 20.9 Å². The summed E-state index contributed by atoms with van der Waals surface area (Å²) in [6, 6.07) is 7.58. The van der Waals surface area contributed by atoms with E-state index in [0.717, 1.165) is 16.6 Å². The fraction of sp³-hybridized carbons (Fsp3) is 0.381. The fourth-order valence-corrected chi connectivity index (χ4v) is 3.24. The molecule has 0 unspecified atom stereocenters. The van der Waals surface area contributed by atoms with Crippen molar-refractivity contribution in [3.63, 3.8) is 0 Å². The Labute approximate surface area is 172 Å². The molecule has 4 nitrogen and oxygen atoms in total. The summed E-state index contributed by atoms with van der Waals surface area (Å²) in [7, 11) is 1.91. The van der Waals surface area contributed by atoms with Crippen LogP contribution in [0.5, 0.6) is 0 Å². The lowest BCUT2D eigenvalue weighted by atomic mass is 9.89. The third kappa shape index (κ3) is 4.42. The smallest absolute Gasteiger partial charge is 0.143 e. The Morgan fingerprint density at radius 1 is 1.29 bits per heavy atom. The van der Waals surface area contributed by atoms with Gasteiger partial charge in [-0.15, -0.1) is 0 Å². The monoisotopic (exact) mass is 452 g/mol. The van der Waals surface area contributed by atoms with Crippen molar-refractivity contribution in [2.45, 2.75) is 26.1 Å². The van der Waals surface area contributed by atoms with Gasteiger partial charge in [0.15, 0.2) is 0 Å². The van der Waals surface area contributed by atoms with Crippen LogP contribution in [-0.4, -0.2) is 38.0 Å². The highest BCUT2D eigenvalue weighted by atomic mass is 79.9. The molecular weight excluding hydrogens is 430 g/mol. The minimum Gasteiger partial charge on any atom is -0.375 e. The molecule has 150 valence electrons. The molecule has 0 aromatic heterocycles. The highest BCUT2D eigenvalue weighted by Gasteiger charge is 2.44. The Kier molecular flexibility index (Phi) is 6.47. The second kappa shape index (κ2) is 8.68. The molecule has 2 aromatic carbocycles. The number of nitrogens with zero attached hydrogens (tertiary/aromatic N) is 2. The van der Waals surface area contributed by atoms with E-state index in [1.807, 2.05) is 25.8 Å². The summed E-state index contributed by atoms with van der Waals surface area (Å²) < 4.78 is 40.6. The molecule has 0 aliphatic carbocycles. The maximum atomic E-state index is 14.9. The number of hydrogen-bond donors (Lipinski definition) is 0. The van der Waals surface area contributed by atoms with Gasteiger partial charge in [-0.25, -0.2) is 13.8 Å². The van der Waals surface area contributed by atoms with Crippen molar-refractivity contribution in [2.75, 3.05) is 26.8 Å². The van der Waals surface area contributed by atoms with Crippen LogP contribution < -0.4 is 0 Å². The maximum Gasteiger partial charge on any atom is 0.143 e. The Morgan fingerprint density at radius 3 is 2.68 bits per heavy atom. The minimum absolute atomic E-state index is 0.140. The van der Waals surface area contributed by atoms with E-state index < -0.39 is 11.4 Å². The number of aryl methyl sites for hydroxylation is 1. The number of hydrogen-bond acceptors (Lipinski definition) is 3. The van der Waals surface area contributed by atoms with E-state index in [4.69, 9.17) is 9.47 Å². The van der Waals surface area contributed by atoms with E-state index in [9.17, 15) is 8.78 Å². The predicted molar refractivity (Wildman–Crippen MR) is 109 cm³/mol. The van der Waals surface area contributed by atoms with E-state index in [1.165, 1.54) is 18.2 Å². The third-order valence-corrected chi connectivity index (χ3v) is 5.62. The third-order valence-electron chi connectivity index (χ3n) is 4.85. The van der Waals surface area contributed by atoms with Crippen LogP contribution in [-0.2, 0) is 21.7 Å². The van der Waals surface area contributed by atoms with Crippen LogP contribution in [0.3, 0.4) is 0 Å². The predicted octanol–water partition coefficient (Wildman–Crippen LogP) is 5.09. The van der Waals surface area contributed by atoms with Crippen LogP contribution in [0.15, 0.2) is 39.8 Å². The van der Waals surface area contributed by atoms with E-state index in [-0.39, 0.29) is 25.6 Å². The molecule has 1 aliphatic rings. The Morgan fingerprint density at radius 2 is 2.04 bits per heavy atom. The number of benzene rings is 2. The van der Waals surface area contributed by atoms with Gasteiger partial charge < -0.3 is 14.4 Å².